The molecule has 5 rings (SSSR count). The lowest BCUT2D eigenvalue weighted by atomic mass is 9.81. The highest BCUT2D eigenvalue weighted by Gasteiger charge is 2.43. The molecule has 2 aromatic carbocycles. The second-order valence-corrected chi connectivity index (χ2v) is 11.4. The van der Waals surface area contributed by atoms with Crippen LogP contribution in [-0.2, 0) is 10.8 Å². The zero-order chi connectivity index (χ0) is 25.5. The summed E-state index contributed by atoms with van der Waals surface area (Å²) < 4.78 is 2.48. The van der Waals surface area contributed by atoms with E-state index < -0.39 is 0 Å². The summed E-state index contributed by atoms with van der Waals surface area (Å²) in [5.74, 6) is 0. The van der Waals surface area contributed by atoms with Gasteiger partial charge in [-0.3, -0.25) is 0 Å². The summed E-state index contributed by atoms with van der Waals surface area (Å²) in [6, 6.07) is 17.7. The van der Waals surface area contributed by atoms with Crippen LogP contribution in [0.15, 0.2) is 95.8 Å². The van der Waals surface area contributed by atoms with Crippen LogP contribution >= 0.6 is 0 Å². The summed E-state index contributed by atoms with van der Waals surface area (Å²) in [5.41, 5.74) is 11.3. The zero-order valence-electron chi connectivity index (χ0n) is 23.3. The van der Waals surface area contributed by atoms with Crippen LogP contribution in [-0.4, -0.2) is 23.4 Å². The maximum Gasteiger partial charge on any atom is 0.209 e. The van der Waals surface area contributed by atoms with Crippen LogP contribution in [0, 0.1) is 0 Å². The number of benzene rings is 2. The molecule has 2 aromatic rings. The number of halogens is 1. The molecule has 194 valence electrons. The average Bonchev–Trinajstić information content (AvgIpc) is 3.24. The van der Waals surface area contributed by atoms with Gasteiger partial charge in [0.05, 0.1) is 5.41 Å². The van der Waals surface area contributed by atoms with Crippen LogP contribution in [0.1, 0.15) is 71.9 Å². The van der Waals surface area contributed by atoms with Gasteiger partial charge >= 0.3 is 0 Å². The Morgan fingerprint density at radius 3 is 2.27 bits per heavy atom. The van der Waals surface area contributed by atoms with E-state index in [2.05, 4.69) is 130 Å². The highest BCUT2D eigenvalue weighted by Crippen LogP contribution is 2.47. The van der Waals surface area contributed by atoms with E-state index in [0.717, 1.165) is 25.9 Å². The molecule has 2 heterocycles. The van der Waals surface area contributed by atoms with Crippen LogP contribution in [0.5, 0.6) is 0 Å². The van der Waals surface area contributed by atoms with Crippen molar-refractivity contribution in [2.45, 2.75) is 71.6 Å². The fourth-order valence-corrected chi connectivity index (χ4v) is 6.48. The van der Waals surface area contributed by atoms with E-state index in [1.54, 1.807) is 0 Å². The Hall–Kier alpha value is -2.40. The average molecular weight is 605 g/mol. The minimum absolute atomic E-state index is 0. The number of nitrogens with zero attached hydrogens (tertiary/aromatic N) is 2. The van der Waals surface area contributed by atoms with Gasteiger partial charge in [-0.05, 0) is 75.8 Å². The van der Waals surface area contributed by atoms with Crippen LogP contribution in [0.2, 0.25) is 0 Å². The van der Waals surface area contributed by atoms with Gasteiger partial charge in [0, 0.05) is 41.1 Å². The molecule has 0 fully saturated rings. The Kier molecular flexibility index (Phi) is 8.04. The lowest BCUT2D eigenvalue weighted by Gasteiger charge is -2.26. The lowest BCUT2D eigenvalue weighted by Crippen LogP contribution is -3.00. The number of anilines is 1. The first-order valence-electron chi connectivity index (χ1n) is 13.7. The molecule has 0 atom stereocenters. The number of rotatable bonds is 5. The summed E-state index contributed by atoms with van der Waals surface area (Å²) >= 11 is 0. The van der Waals surface area contributed by atoms with Gasteiger partial charge in [0.1, 0.15) is 6.54 Å². The molecule has 0 radical (unpaired) electrons. The molecule has 37 heavy (non-hydrogen) atoms. The molecule has 3 heteroatoms. The van der Waals surface area contributed by atoms with E-state index in [4.69, 9.17) is 0 Å². The molecule has 0 spiro atoms. The van der Waals surface area contributed by atoms with Gasteiger partial charge in [-0.25, -0.2) is 0 Å². The van der Waals surface area contributed by atoms with E-state index in [0.29, 0.717) is 0 Å². The van der Waals surface area contributed by atoms with E-state index >= 15 is 0 Å². The third-order valence-electron chi connectivity index (χ3n) is 8.44. The van der Waals surface area contributed by atoms with Crippen molar-refractivity contribution in [2.75, 3.05) is 18.0 Å². The van der Waals surface area contributed by atoms with Gasteiger partial charge in [-0.1, -0.05) is 68.5 Å². The molecule has 1 aliphatic carbocycles. The van der Waals surface area contributed by atoms with Crippen LogP contribution in [0.3, 0.4) is 0 Å². The monoisotopic (exact) mass is 604 g/mol. The predicted molar refractivity (Wildman–Crippen MR) is 155 cm³/mol. The molecule has 0 saturated heterocycles. The van der Waals surface area contributed by atoms with E-state index in [9.17, 15) is 0 Å². The van der Waals surface area contributed by atoms with Crippen molar-refractivity contribution in [3.63, 3.8) is 0 Å². The molecule has 0 saturated carbocycles. The zero-order valence-corrected chi connectivity index (χ0v) is 25.5. The van der Waals surface area contributed by atoms with E-state index in [-0.39, 0.29) is 34.8 Å². The van der Waals surface area contributed by atoms with Crippen molar-refractivity contribution in [1.29, 1.82) is 0 Å². The molecule has 0 amide bonds. The third kappa shape index (κ3) is 4.80. The van der Waals surface area contributed by atoms with Gasteiger partial charge in [0.15, 0.2) is 5.71 Å². The summed E-state index contributed by atoms with van der Waals surface area (Å²) in [5, 5.41) is 0. The smallest absolute Gasteiger partial charge is 0.209 e. The summed E-state index contributed by atoms with van der Waals surface area (Å²) in [6.45, 7) is 15.9. The Morgan fingerprint density at radius 2 is 1.54 bits per heavy atom. The topological polar surface area (TPSA) is 6.25 Å². The number of allylic oxidation sites excluding steroid dienone is 8. The summed E-state index contributed by atoms with van der Waals surface area (Å²) in [7, 11) is 0. The predicted octanol–water partition coefficient (Wildman–Crippen LogP) is 5.38. The first kappa shape index (κ1) is 27.6. The van der Waals surface area contributed by atoms with Crippen LogP contribution in [0.4, 0.5) is 11.4 Å². The number of likely N-dealkylation sites (N-methyl/N-ethyl adjacent to an activating group) is 1. The van der Waals surface area contributed by atoms with E-state index in [1.165, 1.54) is 51.5 Å². The maximum atomic E-state index is 2.48. The van der Waals surface area contributed by atoms with Crippen LogP contribution in [0.25, 0.3) is 0 Å². The maximum absolute atomic E-state index is 2.48. The second kappa shape index (κ2) is 10.8. The Labute approximate surface area is 241 Å². The standard InChI is InChI=1S/C34H41N2.HI/c1-7-35-29-18-11-9-16-27(29)33(3,4)31(35)22-20-25-14-13-15-26(24-25)21-23-32-34(5,6)28-17-10-12-19-30(28)36(32)8-2;/h9-12,16-24H,7-8,13-15H2,1-6H3;1H/q+1;/p-1. The first-order chi connectivity index (χ1) is 17.3. The van der Waals surface area contributed by atoms with Crippen molar-refractivity contribution in [1.82, 2.24) is 0 Å². The Bertz CT molecular complexity index is 1330. The Balaban J connectivity index is 0.00000320. The SMILES string of the molecule is CCN1C(=CC=C2C=C(C=CC3=[N+](CC)c4ccccc4C3(C)C)CCC2)C(C)(C)c2ccccc21.[I-]. The Morgan fingerprint density at radius 1 is 0.838 bits per heavy atom. The number of hydrogen-bond donors (Lipinski definition) is 0. The van der Waals surface area contributed by atoms with Gasteiger partial charge in [0.25, 0.3) is 0 Å². The van der Waals surface area contributed by atoms with Crippen LogP contribution < -0.4 is 28.9 Å². The third-order valence-corrected chi connectivity index (χ3v) is 8.44. The minimum Gasteiger partial charge on any atom is -1.00 e. The van der Waals surface area contributed by atoms with Gasteiger partial charge in [-0.15, -0.1) is 0 Å². The fraction of sp³-hybridized carbons (Fsp3) is 0.382. The molecule has 0 unspecified atom stereocenters. The normalized spacial score (nSPS) is 21.9. The molecular weight excluding hydrogens is 563 g/mol. The number of para-hydroxylation sites is 2. The van der Waals surface area contributed by atoms with Crippen molar-refractivity contribution in [3.8, 4) is 0 Å². The van der Waals surface area contributed by atoms with Crippen molar-refractivity contribution < 1.29 is 28.6 Å². The van der Waals surface area contributed by atoms with Gasteiger partial charge in [0.2, 0.25) is 5.69 Å². The second-order valence-electron chi connectivity index (χ2n) is 11.4. The molecule has 0 N–H and O–H groups in total. The highest BCUT2D eigenvalue weighted by molar-refractivity contribution is 6.03. The highest BCUT2D eigenvalue weighted by atomic mass is 127. The number of hydrogen-bond acceptors (Lipinski definition) is 1. The largest absolute Gasteiger partial charge is 1.00 e. The number of fused-ring (bicyclic) bond motifs is 2. The quantitative estimate of drug-likeness (QED) is 0.328. The molecule has 0 bridgehead atoms. The lowest BCUT2D eigenvalue weighted by molar-refractivity contribution is -0.433. The molecule has 2 nitrogen and oxygen atoms in total. The van der Waals surface area contributed by atoms with Crippen molar-refractivity contribution in [3.05, 3.63) is 107 Å². The summed E-state index contributed by atoms with van der Waals surface area (Å²) in [4.78, 5) is 2.48. The molecule has 2 aliphatic heterocycles. The van der Waals surface area contributed by atoms with Crippen molar-refractivity contribution >= 4 is 17.1 Å². The molecular formula is C34H41IN2. The molecule has 3 aliphatic rings. The first-order valence-corrected chi connectivity index (χ1v) is 13.7. The van der Waals surface area contributed by atoms with Gasteiger partial charge < -0.3 is 28.9 Å². The van der Waals surface area contributed by atoms with E-state index in [1.807, 2.05) is 0 Å². The molecule has 0 aromatic heterocycles. The van der Waals surface area contributed by atoms with Gasteiger partial charge in [-0.2, -0.15) is 4.58 Å². The van der Waals surface area contributed by atoms with Crippen molar-refractivity contribution in [2.24, 2.45) is 0 Å². The fourth-order valence-electron chi connectivity index (χ4n) is 6.48. The minimum atomic E-state index is 0. The summed E-state index contributed by atoms with van der Waals surface area (Å²) in [6.07, 6.45) is 15.4.